The first-order valence-electron chi connectivity index (χ1n) is 7.81. The number of fused-ring (bicyclic) bond motifs is 1. The lowest BCUT2D eigenvalue weighted by Gasteiger charge is -2.04. The Morgan fingerprint density at radius 1 is 1.04 bits per heavy atom. The standard InChI is InChI=1S/C20H12ClFN2OS/c21-17-10-15(22)7-8-16(17)19(25)24-20-23-18(11-26-20)14-6-5-12-3-1-2-4-13(12)9-14/h1-11H,(H,23,24,25). The molecule has 3 aromatic carbocycles. The lowest BCUT2D eigenvalue weighted by atomic mass is 10.1. The second-order valence-electron chi connectivity index (χ2n) is 5.68. The highest BCUT2D eigenvalue weighted by molar-refractivity contribution is 7.14. The molecule has 4 rings (SSSR count). The normalized spacial score (nSPS) is 10.8. The number of rotatable bonds is 3. The van der Waals surface area contributed by atoms with Crippen LogP contribution in [0.15, 0.2) is 66.0 Å². The summed E-state index contributed by atoms with van der Waals surface area (Å²) in [6, 6.07) is 17.9. The Kier molecular flexibility index (Phi) is 4.41. The molecule has 3 nitrogen and oxygen atoms in total. The lowest BCUT2D eigenvalue weighted by molar-refractivity contribution is 0.102. The van der Waals surface area contributed by atoms with E-state index in [-0.39, 0.29) is 10.6 Å². The summed E-state index contributed by atoms with van der Waals surface area (Å²) in [7, 11) is 0. The molecular weight excluding hydrogens is 371 g/mol. The number of nitrogens with one attached hydrogen (secondary N) is 1. The van der Waals surface area contributed by atoms with Crippen molar-refractivity contribution in [3.8, 4) is 11.3 Å². The van der Waals surface area contributed by atoms with Crippen LogP contribution in [0, 0.1) is 5.82 Å². The van der Waals surface area contributed by atoms with Crippen LogP contribution >= 0.6 is 22.9 Å². The van der Waals surface area contributed by atoms with Gasteiger partial charge in [0.25, 0.3) is 5.91 Å². The molecule has 0 aliphatic rings. The van der Waals surface area contributed by atoms with Crippen LogP contribution in [0.25, 0.3) is 22.0 Å². The van der Waals surface area contributed by atoms with E-state index in [4.69, 9.17) is 11.6 Å². The van der Waals surface area contributed by atoms with Gasteiger partial charge in [0.15, 0.2) is 5.13 Å². The van der Waals surface area contributed by atoms with E-state index in [0.717, 1.165) is 28.1 Å². The van der Waals surface area contributed by atoms with Crippen LogP contribution in [0.2, 0.25) is 5.02 Å². The molecule has 26 heavy (non-hydrogen) atoms. The lowest BCUT2D eigenvalue weighted by Crippen LogP contribution is -2.12. The van der Waals surface area contributed by atoms with E-state index in [9.17, 15) is 9.18 Å². The summed E-state index contributed by atoms with van der Waals surface area (Å²) in [4.78, 5) is 16.8. The number of benzene rings is 3. The van der Waals surface area contributed by atoms with E-state index in [1.165, 1.54) is 23.5 Å². The van der Waals surface area contributed by atoms with Gasteiger partial charge in [-0.3, -0.25) is 10.1 Å². The number of halogens is 2. The molecule has 1 heterocycles. The highest BCUT2D eigenvalue weighted by Gasteiger charge is 2.14. The molecule has 0 radical (unpaired) electrons. The molecule has 0 saturated heterocycles. The maximum absolute atomic E-state index is 13.1. The number of nitrogens with zero attached hydrogens (tertiary/aromatic N) is 1. The molecule has 0 aliphatic heterocycles. The largest absolute Gasteiger partial charge is 0.298 e. The molecule has 0 atom stereocenters. The van der Waals surface area contributed by atoms with Gasteiger partial charge in [0.2, 0.25) is 0 Å². The third-order valence-electron chi connectivity index (χ3n) is 3.95. The van der Waals surface area contributed by atoms with E-state index in [2.05, 4.69) is 22.4 Å². The molecule has 0 bridgehead atoms. The van der Waals surface area contributed by atoms with Crippen molar-refractivity contribution in [3.63, 3.8) is 0 Å². The molecule has 6 heteroatoms. The fourth-order valence-corrected chi connectivity index (χ4v) is 3.62. The molecular formula is C20H12ClFN2OS. The monoisotopic (exact) mass is 382 g/mol. The van der Waals surface area contributed by atoms with E-state index in [1.54, 1.807) is 0 Å². The minimum Gasteiger partial charge on any atom is -0.298 e. The molecule has 0 saturated carbocycles. The molecule has 0 fully saturated rings. The van der Waals surface area contributed by atoms with E-state index < -0.39 is 11.7 Å². The van der Waals surface area contributed by atoms with Crippen LogP contribution in [-0.2, 0) is 0 Å². The minimum absolute atomic E-state index is 0.0637. The summed E-state index contributed by atoms with van der Waals surface area (Å²) < 4.78 is 13.1. The summed E-state index contributed by atoms with van der Waals surface area (Å²) in [5, 5.41) is 7.39. The smallest absolute Gasteiger partial charge is 0.258 e. The predicted molar refractivity (Wildman–Crippen MR) is 104 cm³/mol. The summed E-state index contributed by atoms with van der Waals surface area (Å²) in [6.45, 7) is 0. The molecule has 128 valence electrons. The van der Waals surface area contributed by atoms with Gasteiger partial charge < -0.3 is 0 Å². The van der Waals surface area contributed by atoms with Crippen LogP contribution in [0.4, 0.5) is 9.52 Å². The van der Waals surface area contributed by atoms with Crippen LogP contribution < -0.4 is 5.32 Å². The quantitative estimate of drug-likeness (QED) is 0.471. The van der Waals surface area contributed by atoms with Crippen molar-refractivity contribution in [2.75, 3.05) is 5.32 Å². The number of thiazole rings is 1. The van der Waals surface area contributed by atoms with Crippen molar-refractivity contribution in [1.29, 1.82) is 0 Å². The third-order valence-corrected chi connectivity index (χ3v) is 5.02. The first-order valence-corrected chi connectivity index (χ1v) is 9.07. The van der Waals surface area contributed by atoms with Crippen LogP contribution in [0.3, 0.4) is 0 Å². The average molecular weight is 383 g/mol. The second-order valence-corrected chi connectivity index (χ2v) is 6.94. The zero-order valence-corrected chi connectivity index (χ0v) is 14.9. The zero-order valence-electron chi connectivity index (χ0n) is 13.4. The van der Waals surface area contributed by atoms with E-state index in [1.807, 2.05) is 35.7 Å². The SMILES string of the molecule is O=C(Nc1nc(-c2ccc3ccccc3c2)cs1)c1ccc(F)cc1Cl. The predicted octanol–water partition coefficient (Wildman–Crippen LogP) is 6.01. The Morgan fingerprint density at radius 2 is 1.85 bits per heavy atom. The molecule has 1 amide bonds. The summed E-state index contributed by atoms with van der Waals surface area (Å²) in [5.74, 6) is -0.909. The number of anilines is 1. The van der Waals surface area contributed by atoms with Crippen molar-refractivity contribution in [3.05, 3.63) is 82.4 Å². The Bertz CT molecular complexity index is 1130. The van der Waals surface area contributed by atoms with Crippen molar-refractivity contribution < 1.29 is 9.18 Å². The maximum atomic E-state index is 13.1. The van der Waals surface area contributed by atoms with E-state index >= 15 is 0 Å². The Balaban J connectivity index is 1.58. The number of amides is 1. The van der Waals surface area contributed by atoms with Gasteiger partial charge in [-0.05, 0) is 35.0 Å². The Labute approximate surface area is 158 Å². The van der Waals surface area contributed by atoms with Crippen LogP contribution in [0.5, 0.6) is 0 Å². The number of hydrogen-bond acceptors (Lipinski definition) is 3. The van der Waals surface area contributed by atoms with Crippen molar-refractivity contribution in [2.24, 2.45) is 0 Å². The molecule has 0 aliphatic carbocycles. The fraction of sp³-hybridized carbons (Fsp3) is 0. The Morgan fingerprint density at radius 3 is 2.65 bits per heavy atom. The molecule has 1 N–H and O–H groups in total. The molecule has 4 aromatic rings. The van der Waals surface area contributed by atoms with Crippen molar-refractivity contribution in [2.45, 2.75) is 0 Å². The average Bonchev–Trinajstić information content (AvgIpc) is 3.09. The van der Waals surface area contributed by atoms with Crippen molar-refractivity contribution in [1.82, 2.24) is 4.98 Å². The summed E-state index contributed by atoms with van der Waals surface area (Å²) in [5.41, 5.74) is 1.96. The molecule has 0 unspecified atom stereocenters. The fourth-order valence-electron chi connectivity index (χ4n) is 2.65. The number of carbonyl (C=O) groups is 1. The Hall–Kier alpha value is -2.76. The molecule has 0 spiro atoms. The number of aromatic nitrogens is 1. The summed E-state index contributed by atoms with van der Waals surface area (Å²) in [6.07, 6.45) is 0. The topological polar surface area (TPSA) is 42.0 Å². The number of carbonyl (C=O) groups excluding carboxylic acids is 1. The number of hydrogen-bond donors (Lipinski definition) is 1. The zero-order chi connectivity index (χ0) is 18.1. The first-order chi connectivity index (χ1) is 12.6. The van der Waals surface area contributed by atoms with Crippen LogP contribution in [-0.4, -0.2) is 10.9 Å². The van der Waals surface area contributed by atoms with Gasteiger partial charge in [0, 0.05) is 10.9 Å². The maximum Gasteiger partial charge on any atom is 0.258 e. The molecule has 1 aromatic heterocycles. The van der Waals surface area contributed by atoms with Gasteiger partial charge in [-0.25, -0.2) is 9.37 Å². The van der Waals surface area contributed by atoms with Gasteiger partial charge >= 0.3 is 0 Å². The van der Waals surface area contributed by atoms with Crippen LogP contribution in [0.1, 0.15) is 10.4 Å². The van der Waals surface area contributed by atoms with Gasteiger partial charge in [0.1, 0.15) is 5.82 Å². The highest BCUT2D eigenvalue weighted by atomic mass is 35.5. The van der Waals surface area contributed by atoms with Gasteiger partial charge in [0.05, 0.1) is 16.3 Å². The highest BCUT2D eigenvalue weighted by Crippen LogP contribution is 2.28. The summed E-state index contributed by atoms with van der Waals surface area (Å²) >= 11 is 7.25. The van der Waals surface area contributed by atoms with E-state index in [0.29, 0.717) is 5.13 Å². The van der Waals surface area contributed by atoms with Gasteiger partial charge in [-0.1, -0.05) is 48.0 Å². The second kappa shape index (κ2) is 6.86. The first kappa shape index (κ1) is 16.7. The minimum atomic E-state index is -0.487. The van der Waals surface area contributed by atoms with Gasteiger partial charge in [-0.15, -0.1) is 11.3 Å². The third kappa shape index (κ3) is 3.31. The van der Waals surface area contributed by atoms with Crippen molar-refractivity contribution >= 4 is 44.7 Å². The van der Waals surface area contributed by atoms with Gasteiger partial charge in [-0.2, -0.15) is 0 Å².